The number of rotatable bonds is 3. The lowest BCUT2D eigenvalue weighted by Crippen LogP contribution is -2.37. The summed E-state index contributed by atoms with van der Waals surface area (Å²) in [6.07, 6.45) is 0.752. The number of carbonyl (C=O) groups excluding carboxylic acids is 1. The van der Waals surface area contributed by atoms with Crippen LogP contribution in [0.4, 0.5) is 0 Å². The maximum Gasteiger partial charge on any atom is 0.326 e. The molecule has 17 heavy (non-hydrogen) atoms. The zero-order chi connectivity index (χ0) is 12.6. The molecule has 1 atom stereocenters. The van der Waals surface area contributed by atoms with Crippen LogP contribution in [0.1, 0.15) is 22.6 Å². The number of carboxylic acids is 1. The molecule has 1 amide bonds. The molecule has 0 spiro atoms. The van der Waals surface area contributed by atoms with Crippen molar-refractivity contribution in [3.63, 3.8) is 0 Å². The largest absolute Gasteiger partial charge is 0.480 e. The summed E-state index contributed by atoms with van der Waals surface area (Å²) in [6.45, 7) is 2.38. The molecular formula is C11H12BrNO3S. The van der Waals surface area contributed by atoms with Gasteiger partial charge in [0.05, 0.1) is 6.54 Å². The van der Waals surface area contributed by atoms with Gasteiger partial charge in [0.1, 0.15) is 6.04 Å². The van der Waals surface area contributed by atoms with Gasteiger partial charge in [0.15, 0.2) is 0 Å². The van der Waals surface area contributed by atoms with Crippen molar-refractivity contribution >= 4 is 39.1 Å². The summed E-state index contributed by atoms with van der Waals surface area (Å²) in [5.74, 6) is -0.984. The topological polar surface area (TPSA) is 57.6 Å². The Bertz CT molecular complexity index is 452. The second kappa shape index (κ2) is 4.78. The Morgan fingerprint density at radius 2 is 2.41 bits per heavy atom. The van der Waals surface area contributed by atoms with Crippen LogP contribution in [0.5, 0.6) is 0 Å². The zero-order valence-corrected chi connectivity index (χ0v) is 11.7. The standard InChI is InChI=1S/C11H12BrNO3S/c1-6-8(12)4-7(17-6)5-13-9(11(15)16)2-3-10(13)14/h4,9H,2-3,5H2,1H3,(H,15,16). The molecule has 1 saturated heterocycles. The van der Waals surface area contributed by atoms with Crippen LogP contribution in [-0.2, 0) is 16.1 Å². The van der Waals surface area contributed by atoms with Gasteiger partial charge in [-0.3, -0.25) is 4.79 Å². The number of likely N-dealkylation sites (tertiary alicyclic amines) is 1. The number of thiophene rings is 1. The van der Waals surface area contributed by atoms with Crippen LogP contribution in [-0.4, -0.2) is 27.9 Å². The summed E-state index contributed by atoms with van der Waals surface area (Å²) in [5.41, 5.74) is 0. The number of hydrogen-bond donors (Lipinski definition) is 1. The lowest BCUT2D eigenvalue weighted by Gasteiger charge is -2.20. The van der Waals surface area contributed by atoms with E-state index in [0.29, 0.717) is 19.4 Å². The minimum Gasteiger partial charge on any atom is -0.480 e. The third-order valence-corrected chi connectivity index (χ3v) is 4.97. The monoisotopic (exact) mass is 317 g/mol. The Morgan fingerprint density at radius 3 is 2.94 bits per heavy atom. The molecule has 0 aliphatic carbocycles. The highest BCUT2D eigenvalue weighted by atomic mass is 79.9. The van der Waals surface area contributed by atoms with Gasteiger partial charge in [0.2, 0.25) is 5.91 Å². The fraction of sp³-hybridized carbons (Fsp3) is 0.455. The predicted octanol–water partition coefficient (Wildman–Crippen LogP) is 2.39. The highest BCUT2D eigenvalue weighted by Gasteiger charge is 2.36. The Morgan fingerprint density at radius 1 is 1.71 bits per heavy atom. The van der Waals surface area contributed by atoms with Gasteiger partial charge in [-0.2, -0.15) is 0 Å². The van der Waals surface area contributed by atoms with Gasteiger partial charge in [-0.15, -0.1) is 11.3 Å². The first-order chi connectivity index (χ1) is 7.99. The van der Waals surface area contributed by atoms with Gasteiger partial charge in [-0.05, 0) is 35.3 Å². The number of amides is 1. The summed E-state index contributed by atoms with van der Waals surface area (Å²) in [7, 11) is 0. The number of carbonyl (C=O) groups is 2. The molecule has 6 heteroatoms. The molecule has 92 valence electrons. The second-order valence-electron chi connectivity index (χ2n) is 4.03. The Balaban J connectivity index is 2.16. The summed E-state index contributed by atoms with van der Waals surface area (Å²) < 4.78 is 1.01. The van der Waals surface area contributed by atoms with Crippen LogP contribution in [0.3, 0.4) is 0 Å². The fourth-order valence-corrected chi connectivity index (χ4v) is 3.55. The van der Waals surface area contributed by atoms with Gasteiger partial charge in [-0.1, -0.05) is 0 Å². The van der Waals surface area contributed by atoms with Crippen LogP contribution < -0.4 is 0 Å². The van der Waals surface area contributed by atoms with E-state index in [0.717, 1.165) is 14.2 Å². The minimum atomic E-state index is -0.914. The third-order valence-electron chi connectivity index (χ3n) is 2.85. The molecule has 0 aromatic carbocycles. The van der Waals surface area contributed by atoms with Crippen LogP contribution in [0.25, 0.3) is 0 Å². The van der Waals surface area contributed by atoms with Gasteiger partial charge in [-0.25, -0.2) is 4.79 Å². The maximum atomic E-state index is 11.6. The molecule has 2 heterocycles. The van der Waals surface area contributed by atoms with Gasteiger partial charge < -0.3 is 10.0 Å². The molecule has 1 aromatic heterocycles. The molecule has 4 nitrogen and oxygen atoms in total. The molecule has 1 unspecified atom stereocenters. The van der Waals surface area contributed by atoms with Crippen molar-refractivity contribution in [1.82, 2.24) is 4.90 Å². The van der Waals surface area contributed by atoms with Crippen LogP contribution in [0.2, 0.25) is 0 Å². The van der Waals surface area contributed by atoms with Crippen LogP contribution >= 0.6 is 27.3 Å². The molecule has 2 rings (SSSR count). The number of carboxylic acid groups (broad SMARTS) is 1. The maximum absolute atomic E-state index is 11.6. The van der Waals surface area contributed by atoms with Crippen molar-refractivity contribution in [2.24, 2.45) is 0 Å². The number of halogens is 1. The van der Waals surface area contributed by atoms with Gasteiger partial charge in [0.25, 0.3) is 0 Å². The highest BCUT2D eigenvalue weighted by Crippen LogP contribution is 2.29. The zero-order valence-electron chi connectivity index (χ0n) is 9.27. The average Bonchev–Trinajstić information content (AvgIpc) is 2.74. The quantitative estimate of drug-likeness (QED) is 0.931. The average molecular weight is 318 g/mol. The van der Waals surface area contributed by atoms with E-state index < -0.39 is 12.0 Å². The van der Waals surface area contributed by atoms with E-state index in [9.17, 15) is 9.59 Å². The predicted molar refractivity (Wildman–Crippen MR) is 68.0 cm³/mol. The number of aryl methyl sites for hydroxylation is 1. The van der Waals surface area contributed by atoms with E-state index in [1.54, 1.807) is 11.3 Å². The number of aliphatic carboxylic acids is 1. The lowest BCUT2D eigenvalue weighted by atomic mass is 10.2. The second-order valence-corrected chi connectivity index (χ2v) is 6.23. The molecular weight excluding hydrogens is 306 g/mol. The smallest absolute Gasteiger partial charge is 0.326 e. The molecule has 0 saturated carbocycles. The van der Waals surface area contributed by atoms with Crippen LogP contribution in [0.15, 0.2) is 10.5 Å². The SMILES string of the molecule is Cc1sc(CN2C(=O)CCC2C(=O)O)cc1Br. The van der Waals surface area contributed by atoms with E-state index in [1.807, 2.05) is 13.0 Å². The minimum absolute atomic E-state index is 0.0698. The Labute approximate surface area is 111 Å². The van der Waals surface area contributed by atoms with Crippen LogP contribution in [0, 0.1) is 6.92 Å². The molecule has 1 fully saturated rings. The molecule has 1 aliphatic rings. The van der Waals surface area contributed by atoms with Crippen molar-refractivity contribution in [2.75, 3.05) is 0 Å². The summed E-state index contributed by atoms with van der Waals surface area (Å²) in [6, 6.07) is 1.29. The molecule has 1 N–H and O–H groups in total. The van der Waals surface area contributed by atoms with Crippen molar-refractivity contribution in [3.8, 4) is 0 Å². The first kappa shape index (κ1) is 12.6. The molecule has 0 radical (unpaired) electrons. The van der Waals surface area contributed by atoms with E-state index in [1.165, 1.54) is 4.90 Å². The highest BCUT2D eigenvalue weighted by molar-refractivity contribution is 9.10. The first-order valence-corrected chi connectivity index (χ1v) is 6.87. The Kier molecular flexibility index (Phi) is 3.53. The third kappa shape index (κ3) is 2.52. The first-order valence-electron chi connectivity index (χ1n) is 5.26. The molecule has 1 aliphatic heterocycles. The Hall–Kier alpha value is -0.880. The van der Waals surface area contributed by atoms with Crippen molar-refractivity contribution in [3.05, 3.63) is 20.3 Å². The molecule has 1 aromatic rings. The van der Waals surface area contributed by atoms with Crippen molar-refractivity contribution in [1.29, 1.82) is 0 Å². The van der Waals surface area contributed by atoms with Crippen molar-refractivity contribution in [2.45, 2.75) is 32.4 Å². The number of nitrogens with zero attached hydrogens (tertiary/aromatic N) is 1. The fourth-order valence-electron chi connectivity index (χ4n) is 1.95. The van der Waals surface area contributed by atoms with Crippen molar-refractivity contribution < 1.29 is 14.7 Å². The van der Waals surface area contributed by atoms with E-state index in [2.05, 4.69) is 15.9 Å². The van der Waals surface area contributed by atoms with E-state index in [-0.39, 0.29) is 5.91 Å². The number of hydrogen-bond acceptors (Lipinski definition) is 3. The normalized spacial score (nSPS) is 20.0. The molecule has 0 bridgehead atoms. The lowest BCUT2D eigenvalue weighted by molar-refractivity contribution is -0.146. The van der Waals surface area contributed by atoms with Gasteiger partial charge in [0, 0.05) is 20.6 Å². The summed E-state index contributed by atoms with van der Waals surface area (Å²) in [5, 5.41) is 9.04. The summed E-state index contributed by atoms with van der Waals surface area (Å²) in [4.78, 5) is 26.3. The summed E-state index contributed by atoms with van der Waals surface area (Å²) >= 11 is 5.00. The van der Waals surface area contributed by atoms with Gasteiger partial charge >= 0.3 is 5.97 Å². The van der Waals surface area contributed by atoms with E-state index >= 15 is 0 Å². The van der Waals surface area contributed by atoms with E-state index in [4.69, 9.17) is 5.11 Å².